The Balaban J connectivity index is 2.01. The van der Waals surface area contributed by atoms with Crippen molar-refractivity contribution in [3.8, 4) is 11.5 Å². The Kier molecular flexibility index (Phi) is 4.73. The third kappa shape index (κ3) is 3.29. The molecule has 2 aromatic carbocycles. The van der Waals surface area contributed by atoms with E-state index in [1.54, 1.807) is 24.3 Å². The molecular formula is C19H16N2O4S. The van der Waals surface area contributed by atoms with E-state index in [2.05, 4.69) is 5.32 Å². The van der Waals surface area contributed by atoms with E-state index >= 15 is 0 Å². The predicted octanol–water partition coefficient (Wildman–Crippen LogP) is 2.54. The summed E-state index contributed by atoms with van der Waals surface area (Å²) in [6, 6.07) is 11.9. The van der Waals surface area contributed by atoms with E-state index in [0.717, 1.165) is 5.56 Å². The number of amides is 2. The normalized spacial score (nSPS) is 16.0. The predicted molar refractivity (Wildman–Crippen MR) is 102 cm³/mol. The van der Waals surface area contributed by atoms with E-state index in [4.69, 9.17) is 17.0 Å². The number of phenols is 1. The maximum absolute atomic E-state index is 12.9. The van der Waals surface area contributed by atoms with Gasteiger partial charge < -0.3 is 9.84 Å². The van der Waals surface area contributed by atoms with Crippen molar-refractivity contribution in [2.45, 2.75) is 6.92 Å². The van der Waals surface area contributed by atoms with Gasteiger partial charge in [0.1, 0.15) is 5.57 Å². The van der Waals surface area contributed by atoms with Crippen molar-refractivity contribution in [3.05, 3.63) is 59.2 Å². The summed E-state index contributed by atoms with van der Waals surface area (Å²) >= 11 is 5.17. The molecule has 0 aliphatic carbocycles. The van der Waals surface area contributed by atoms with Gasteiger partial charge in [-0.25, -0.2) is 0 Å². The van der Waals surface area contributed by atoms with Crippen LogP contribution >= 0.6 is 12.2 Å². The lowest BCUT2D eigenvalue weighted by molar-refractivity contribution is -0.122. The molecule has 0 bridgehead atoms. The highest BCUT2D eigenvalue weighted by atomic mass is 32.1. The lowest BCUT2D eigenvalue weighted by Gasteiger charge is -2.29. The second-order valence-electron chi connectivity index (χ2n) is 5.73. The molecule has 26 heavy (non-hydrogen) atoms. The molecule has 132 valence electrons. The zero-order chi connectivity index (χ0) is 18.8. The summed E-state index contributed by atoms with van der Waals surface area (Å²) in [5.74, 6) is -0.899. The number of hydrogen-bond donors (Lipinski definition) is 2. The number of carbonyl (C=O) groups excluding carboxylic acids is 2. The number of anilines is 1. The van der Waals surface area contributed by atoms with Crippen LogP contribution in [0.4, 0.5) is 5.69 Å². The second-order valence-corrected chi connectivity index (χ2v) is 6.11. The molecular weight excluding hydrogens is 352 g/mol. The van der Waals surface area contributed by atoms with Gasteiger partial charge in [0.15, 0.2) is 16.6 Å². The van der Waals surface area contributed by atoms with E-state index in [0.29, 0.717) is 17.0 Å². The van der Waals surface area contributed by atoms with Gasteiger partial charge in [0.2, 0.25) is 0 Å². The minimum absolute atomic E-state index is 0.0281. The molecule has 0 spiro atoms. The van der Waals surface area contributed by atoms with Gasteiger partial charge >= 0.3 is 0 Å². The monoisotopic (exact) mass is 368 g/mol. The highest BCUT2D eigenvalue weighted by Gasteiger charge is 2.34. The first-order valence-electron chi connectivity index (χ1n) is 7.76. The Labute approximate surface area is 155 Å². The first kappa shape index (κ1) is 17.6. The van der Waals surface area contributed by atoms with E-state index in [9.17, 15) is 14.7 Å². The molecule has 0 unspecified atom stereocenters. The SMILES string of the molecule is COc1ccc(/C=C2\C(=O)NC(=S)N(c3cccc(C)c3)C2=O)cc1O. The molecule has 1 heterocycles. The molecule has 0 saturated carbocycles. The number of hydrogen-bond acceptors (Lipinski definition) is 5. The molecule has 3 rings (SSSR count). The number of aromatic hydroxyl groups is 1. The zero-order valence-corrected chi connectivity index (χ0v) is 15.0. The van der Waals surface area contributed by atoms with Crippen molar-refractivity contribution in [2.24, 2.45) is 0 Å². The van der Waals surface area contributed by atoms with Gasteiger partial charge in [-0.05, 0) is 60.6 Å². The Hall–Kier alpha value is -3.19. The van der Waals surface area contributed by atoms with E-state index < -0.39 is 11.8 Å². The van der Waals surface area contributed by atoms with Crippen LogP contribution in [0.15, 0.2) is 48.0 Å². The van der Waals surface area contributed by atoms with E-state index in [-0.39, 0.29) is 16.4 Å². The van der Waals surface area contributed by atoms with Crippen molar-refractivity contribution >= 4 is 40.9 Å². The fourth-order valence-corrected chi connectivity index (χ4v) is 2.90. The summed E-state index contributed by atoms with van der Waals surface area (Å²) in [5.41, 5.74) is 1.94. The summed E-state index contributed by atoms with van der Waals surface area (Å²) < 4.78 is 4.99. The molecule has 1 fully saturated rings. The Morgan fingerprint density at radius 2 is 1.96 bits per heavy atom. The van der Waals surface area contributed by atoms with Crippen molar-refractivity contribution in [3.63, 3.8) is 0 Å². The summed E-state index contributed by atoms with van der Waals surface area (Å²) in [4.78, 5) is 26.4. The third-order valence-electron chi connectivity index (χ3n) is 3.88. The van der Waals surface area contributed by atoms with Crippen LogP contribution in [0.3, 0.4) is 0 Å². The number of rotatable bonds is 3. The lowest BCUT2D eigenvalue weighted by Crippen LogP contribution is -2.54. The van der Waals surface area contributed by atoms with E-state index in [1.807, 2.05) is 19.1 Å². The molecule has 0 aromatic heterocycles. The standard InChI is InChI=1S/C19H16N2O4S/c1-11-4-3-5-13(8-11)21-18(24)14(17(23)20-19(21)26)9-12-6-7-16(25-2)15(22)10-12/h3-10,22H,1-2H3,(H,20,23,26)/b14-9+. The molecule has 0 radical (unpaired) electrons. The van der Waals surface area contributed by atoms with Crippen LogP contribution < -0.4 is 15.0 Å². The molecule has 6 nitrogen and oxygen atoms in total. The van der Waals surface area contributed by atoms with Crippen molar-refractivity contribution in [1.29, 1.82) is 0 Å². The number of benzene rings is 2. The first-order chi connectivity index (χ1) is 12.4. The molecule has 2 N–H and O–H groups in total. The van der Waals surface area contributed by atoms with Gasteiger partial charge in [-0.2, -0.15) is 0 Å². The molecule has 7 heteroatoms. The second kappa shape index (κ2) is 6.97. The summed E-state index contributed by atoms with van der Waals surface area (Å²) in [5, 5.41) is 12.4. The molecule has 2 amide bonds. The molecule has 0 atom stereocenters. The van der Waals surface area contributed by atoms with Crippen LogP contribution in [0.2, 0.25) is 0 Å². The van der Waals surface area contributed by atoms with Crippen molar-refractivity contribution in [1.82, 2.24) is 5.32 Å². The maximum atomic E-state index is 12.9. The Morgan fingerprint density at radius 1 is 1.19 bits per heavy atom. The number of aryl methyl sites for hydroxylation is 1. The largest absolute Gasteiger partial charge is 0.504 e. The van der Waals surface area contributed by atoms with Crippen LogP contribution in [-0.4, -0.2) is 29.1 Å². The topological polar surface area (TPSA) is 78.9 Å². The van der Waals surface area contributed by atoms with Gasteiger partial charge in [0, 0.05) is 0 Å². The first-order valence-corrected chi connectivity index (χ1v) is 8.16. The summed E-state index contributed by atoms with van der Waals surface area (Å²) in [6.45, 7) is 1.90. The smallest absolute Gasteiger partial charge is 0.270 e. The highest BCUT2D eigenvalue weighted by Crippen LogP contribution is 2.28. The molecule has 2 aromatic rings. The van der Waals surface area contributed by atoms with Crippen molar-refractivity contribution in [2.75, 3.05) is 12.0 Å². The van der Waals surface area contributed by atoms with Gasteiger partial charge in [-0.3, -0.25) is 19.8 Å². The average molecular weight is 368 g/mol. The number of phenolic OH excluding ortho intramolecular Hbond substituents is 1. The number of carbonyl (C=O) groups is 2. The maximum Gasteiger partial charge on any atom is 0.270 e. The van der Waals surface area contributed by atoms with Gasteiger partial charge in [0.05, 0.1) is 12.8 Å². The lowest BCUT2D eigenvalue weighted by atomic mass is 10.1. The minimum Gasteiger partial charge on any atom is -0.504 e. The van der Waals surface area contributed by atoms with Crippen LogP contribution in [0.1, 0.15) is 11.1 Å². The number of nitrogens with zero attached hydrogens (tertiary/aromatic N) is 1. The van der Waals surface area contributed by atoms with Gasteiger partial charge in [-0.15, -0.1) is 0 Å². The van der Waals surface area contributed by atoms with Crippen LogP contribution in [0.5, 0.6) is 11.5 Å². The molecule has 1 aliphatic rings. The third-order valence-corrected chi connectivity index (χ3v) is 4.16. The van der Waals surface area contributed by atoms with Crippen LogP contribution in [-0.2, 0) is 9.59 Å². The highest BCUT2D eigenvalue weighted by molar-refractivity contribution is 7.80. The number of ether oxygens (including phenoxy) is 1. The number of methoxy groups -OCH3 is 1. The number of thiocarbonyl (C=S) groups is 1. The Bertz CT molecular complexity index is 952. The average Bonchev–Trinajstić information content (AvgIpc) is 2.58. The fourth-order valence-electron chi connectivity index (χ4n) is 2.62. The fraction of sp³-hybridized carbons (Fsp3) is 0.105. The van der Waals surface area contributed by atoms with Gasteiger partial charge in [-0.1, -0.05) is 18.2 Å². The van der Waals surface area contributed by atoms with Gasteiger partial charge in [0.25, 0.3) is 11.8 Å². The number of nitrogens with one attached hydrogen (secondary N) is 1. The van der Waals surface area contributed by atoms with E-state index in [1.165, 1.54) is 24.2 Å². The molecule has 1 aliphatic heterocycles. The summed E-state index contributed by atoms with van der Waals surface area (Å²) in [7, 11) is 1.44. The summed E-state index contributed by atoms with van der Waals surface area (Å²) in [6.07, 6.45) is 1.40. The van der Waals surface area contributed by atoms with Crippen LogP contribution in [0.25, 0.3) is 6.08 Å². The van der Waals surface area contributed by atoms with Crippen molar-refractivity contribution < 1.29 is 19.4 Å². The minimum atomic E-state index is -0.584. The Morgan fingerprint density at radius 3 is 2.62 bits per heavy atom. The molecule has 1 saturated heterocycles. The van der Waals surface area contributed by atoms with Crippen LogP contribution in [0, 0.1) is 6.92 Å². The quantitative estimate of drug-likeness (QED) is 0.495. The zero-order valence-electron chi connectivity index (χ0n) is 14.1.